The number of carbonyl (C=O) groups is 2. The zero-order valence-corrected chi connectivity index (χ0v) is 14.9. The maximum Gasteiger partial charge on any atom is 0.139 e. The molecule has 1 saturated carbocycles. The van der Waals surface area contributed by atoms with Crippen molar-refractivity contribution in [2.75, 3.05) is 0 Å². The molecule has 4 atom stereocenters. The highest BCUT2D eigenvalue weighted by molar-refractivity contribution is 5.96. The zero-order chi connectivity index (χ0) is 16.5. The van der Waals surface area contributed by atoms with Crippen molar-refractivity contribution in [1.29, 1.82) is 0 Å². The van der Waals surface area contributed by atoms with Gasteiger partial charge in [-0.25, -0.2) is 0 Å². The minimum Gasteiger partial charge on any atom is -0.299 e. The van der Waals surface area contributed by atoms with Crippen LogP contribution in [0, 0.1) is 29.1 Å². The van der Waals surface area contributed by atoms with Gasteiger partial charge in [-0.3, -0.25) is 9.59 Å². The van der Waals surface area contributed by atoms with E-state index < -0.39 is 5.41 Å². The molecule has 0 aliphatic heterocycles. The van der Waals surface area contributed by atoms with Crippen molar-refractivity contribution in [1.82, 2.24) is 0 Å². The van der Waals surface area contributed by atoms with Gasteiger partial charge in [-0.05, 0) is 50.4 Å². The molecule has 2 nitrogen and oxygen atoms in total. The molecule has 0 aromatic heterocycles. The Labute approximate surface area is 135 Å². The van der Waals surface area contributed by atoms with E-state index in [1.165, 1.54) is 5.57 Å². The molecule has 0 N–H and O–H groups in total. The maximum atomic E-state index is 13.0. The van der Waals surface area contributed by atoms with Crippen LogP contribution in [0.5, 0.6) is 0 Å². The van der Waals surface area contributed by atoms with E-state index in [1.807, 2.05) is 0 Å². The van der Waals surface area contributed by atoms with Gasteiger partial charge in [0.1, 0.15) is 11.6 Å². The van der Waals surface area contributed by atoms with E-state index in [9.17, 15) is 9.59 Å². The fourth-order valence-electron chi connectivity index (χ4n) is 4.62. The first kappa shape index (κ1) is 17.4. The summed E-state index contributed by atoms with van der Waals surface area (Å²) in [5.41, 5.74) is 0.996. The second-order valence-corrected chi connectivity index (χ2v) is 8.34. The van der Waals surface area contributed by atoms with E-state index in [2.05, 4.69) is 40.7 Å². The molecular weight excluding hydrogens is 272 g/mol. The molecule has 0 saturated heterocycles. The van der Waals surface area contributed by atoms with Crippen LogP contribution in [0.2, 0.25) is 0 Å². The molecule has 0 amide bonds. The summed E-state index contributed by atoms with van der Waals surface area (Å²) in [5.74, 6) is 1.70. The van der Waals surface area contributed by atoms with Gasteiger partial charge in [-0.1, -0.05) is 39.3 Å². The third kappa shape index (κ3) is 3.36. The molecule has 0 aromatic rings. The minimum atomic E-state index is -0.426. The normalized spacial score (nSPS) is 40.1. The Bertz CT molecular complexity index is 474. The first-order chi connectivity index (χ1) is 10.3. The highest BCUT2D eigenvalue weighted by Gasteiger charge is 2.54. The van der Waals surface area contributed by atoms with Crippen LogP contribution in [0.15, 0.2) is 11.6 Å². The molecule has 2 rings (SSSR count). The zero-order valence-electron chi connectivity index (χ0n) is 14.9. The summed E-state index contributed by atoms with van der Waals surface area (Å²) in [4.78, 5) is 25.6. The molecule has 2 aliphatic carbocycles. The van der Waals surface area contributed by atoms with Crippen LogP contribution in [0.4, 0.5) is 0 Å². The van der Waals surface area contributed by atoms with Crippen molar-refractivity contribution in [3.8, 4) is 0 Å². The highest BCUT2D eigenvalue weighted by Crippen LogP contribution is 2.51. The van der Waals surface area contributed by atoms with Gasteiger partial charge in [0.25, 0.3) is 0 Å². The summed E-state index contributed by atoms with van der Waals surface area (Å²) in [6.45, 7) is 10.7. The Hall–Kier alpha value is -0.920. The standard InChI is InChI=1S/C20H32O2/c1-13(2)19-16-10-9-14(3)7-6-8-15(4)11-18(22)20(16,5)12-17(19)21/h7,13,15-16,19H,6,8-12H2,1-5H3/b14-7+/t15-,16+,19-,20-/m0/s1. The number of carbonyl (C=O) groups excluding carboxylic acids is 2. The molecule has 0 unspecified atom stereocenters. The molecule has 2 heteroatoms. The van der Waals surface area contributed by atoms with Crippen molar-refractivity contribution >= 4 is 11.6 Å². The largest absolute Gasteiger partial charge is 0.299 e. The molecule has 0 spiro atoms. The maximum absolute atomic E-state index is 13.0. The summed E-state index contributed by atoms with van der Waals surface area (Å²) in [6.07, 6.45) is 7.60. The molecule has 1 fully saturated rings. The fourth-order valence-corrected chi connectivity index (χ4v) is 4.62. The Morgan fingerprint density at radius 2 is 1.91 bits per heavy atom. The third-order valence-corrected chi connectivity index (χ3v) is 6.06. The quantitative estimate of drug-likeness (QED) is 0.641. The summed E-state index contributed by atoms with van der Waals surface area (Å²) < 4.78 is 0. The lowest BCUT2D eigenvalue weighted by Crippen LogP contribution is -2.36. The van der Waals surface area contributed by atoms with E-state index in [1.54, 1.807) is 0 Å². The highest BCUT2D eigenvalue weighted by atomic mass is 16.1. The molecular formula is C20H32O2. The van der Waals surface area contributed by atoms with E-state index in [0.29, 0.717) is 36.2 Å². The second-order valence-electron chi connectivity index (χ2n) is 8.34. The van der Waals surface area contributed by atoms with E-state index in [4.69, 9.17) is 0 Å². The van der Waals surface area contributed by atoms with Crippen LogP contribution in [-0.2, 0) is 9.59 Å². The first-order valence-corrected chi connectivity index (χ1v) is 8.97. The van der Waals surface area contributed by atoms with Crippen LogP contribution >= 0.6 is 0 Å². The summed E-state index contributed by atoms with van der Waals surface area (Å²) in [5, 5.41) is 0. The summed E-state index contributed by atoms with van der Waals surface area (Å²) >= 11 is 0. The lowest BCUT2D eigenvalue weighted by molar-refractivity contribution is -0.132. The van der Waals surface area contributed by atoms with E-state index >= 15 is 0 Å². The smallest absolute Gasteiger partial charge is 0.139 e. The van der Waals surface area contributed by atoms with Gasteiger partial charge >= 0.3 is 0 Å². The van der Waals surface area contributed by atoms with Crippen molar-refractivity contribution in [3.05, 3.63) is 11.6 Å². The van der Waals surface area contributed by atoms with Gasteiger partial charge < -0.3 is 0 Å². The topological polar surface area (TPSA) is 34.1 Å². The van der Waals surface area contributed by atoms with Gasteiger partial charge in [-0.15, -0.1) is 0 Å². The summed E-state index contributed by atoms with van der Waals surface area (Å²) in [7, 11) is 0. The van der Waals surface area contributed by atoms with Gasteiger partial charge in [-0.2, -0.15) is 0 Å². The van der Waals surface area contributed by atoms with Gasteiger partial charge in [0, 0.05) is 24.2 Å². The number of allylic oxidation sites excluding steroid dienone is 2. The first-order valence-electron chi connectivity index (χ1n) is 8.97. The molecule has 0 bridgehead atoms. The predicted octanol–water partition coefficient (Wildman–Crippen LogP) is 4.97. The van der Waals surface area contributed by atoms with Crippen LogP contribution in [0.1, 0.15) is 73.1 Å². The van der Waals surface area contributed by atoms with Crippen LogP contribution in [0.3, 0.4) is 0 Å². The van der Waals surface area contributed by atoms with Crippen LogP contribution in [0.25, 0.3) is 0 Å². The number of Topliss-reactive ketones (excluding diaryl/α,β-unsaturated/α-hetero) is 2. The Morgan fingerprint density at radius 1 is 1.23 bits per heavy atom. The summed E-state index contributed by atoms with van der Waals surface area (Å²) in [6, 6.07) is 0. The fraction of sp³-hybridized carbons (Fsp3) is 0.800. The minimum absolute atomic E-state index is 0.0674. The Morgan fingerprint density at radius 3 is 2.55 bits per heavy atom. The molecule has 0 radical (unpaired) electrons. The number of ketones is 2. The van der Waals surface area contributed by atoms with Crippen LogP contribution in [-0.4, -0.2) is 11.6 Å². The van der Waals surface area contributed by atoms with Gasteiger partial charge in [0.05, 0.1) is 0 Å². The number of fused-ring (bicyclic) bond motifs is 1. The average Bonchev–Trinajstić information content (AvgIpc) is 2.67. The molecule has 0 heterocycles. The monoisotopic (exact) mass is 304 g/mol. The van der Waals surface area contributed by atoms with Gasteiger partial charge in [0.2, 0.25) is 0 Å². The van der Waals surface area contributed by atoms with Crippen LogP contribution < -0.4 is 0 Å². The molecule has 22 heavy (non-hydrogen) atoms. The van der Waals surface area contributed by atoms with Crippen molar-refractivity contribution in [2.24, 2.45) is 29.1 Å². The number of rotatable bonds is 1. The van der Waals surface area contributed by atoms with Gasteiger partial charge in [0.15, 0.2) is 0 Å². The average molecular weight is 304 g/mol. The van der Waals surface area contributed by atoms with E-state index in [0.717, 1.165) is 25.7 Å². The van der Waals surface area contributed by atoms with E-state index in [-0.39, 0.29) is 11.8 Å². The Balaban J connectivity index is 2.36. The molecule has 124 valence electrons. The van der Waals surface area contributed by atoms with Crippen molar-refractivity contribution in [2.45, 2.75) is 73.1 Å². The number of hydrogen-bond donors (Lipinski definition) is 0. The van der Waals surface area contributed by atoms with Crippen molar-refractivity contribution in [3.63, 3.8) is 0 Å². The Kier molecular flexibility index (Phi) is 5.29. The SMILES string of the molecule is C/C1=C\CC[C@H](C)CC(=O)[C@@]2(C)CC(=O)[C@@H](C(C)C)[C@H]2CC1. The molecule has 2 aliphatic rings. The predicted molar refractivity (Wildman–Crippen MR) is 90.6 cm³/mol. The lowest BCUT2D eigenvalue weighted by atomic mass is 9.68. The second kappa shape index (κ2) is 6.68. The lowest BCUT2D eigenvalue weighted by Gasteiger charge is -2.34. The number of hydrogen-bond acceptors (Lipinski definition) is 2. The molecule has 0 aromatic carbocycles. The van der Waals surface area contributed by atoms with Crippen molar-refractivity contribution < 1.29 is 9.59 Å². The third-order valence-electron chi connectivity index (χ3n) is 6.06.